The van der Waals surface area contributed by atoms with Gasteiger partial charge in [0, 0.05) is 31.7 Å². The molecule has 0 radical (unpaired) electrons. The lowest BCUT2D eigenvalue weighted by molar-refractivity contribution is -0.119. The van der Waals surface area contributed by atoms with Crippen LogP contribution in [0.4, 0.5) is 5.95 Å². The molecule has 1 fully saturated rings. The zero-order chi connectivity index (χ0) is 16.9. The molecule has 2 unspecified atom stereocenters. The van der Waals surface area contributed by atoms with E-state index in [9.17, 15) is 4.79 Å². The van der Waals surface area contributed by atoms with Gasteiger partial charge in [-0.05, 0) is 44.7 Å². The van der Waals surface area contributed by atoms with Crippen LogP contribution in [-0.2, 0) is 16.1 Å². The molecular weight excluding hydrogens is 340 g/mol. The number of amides is 1. The summed E-state index contributed by atoms with van der Waals surface area (Å²) in [6, 6.07) is 8.09. The van der Waals surface area contributed by atoms with Crippen molar-refractivity contribution < 1.29 is 9.53 Å². The Morgan fingerprint density at radius 3 is 2.92 bits per heavy atom. The van der Waals surface area contributed by atoms with Crippen LogP contribution in [0.15, 0.2) is 24.3 Å². The van der Waals surface area contributed by atoms with Gasteiger partial charge in [0.2, 0.25) is 11.9 Å². The number of para-hydroxylation sites is 2. The van der Waals surface area contributed by atoms with Crippen molar-refractivity contribution in [1.82, 2.24) is 9.55 Å². The van der Waals surface area contributed by atoms with Crippen molar-refractivity contribution in [3.63, 3.8) is 0 Å². The zero-order valence-electron chi connectivity index (χ0n) is 14.6. The monoisotopic (exact) mass is 366 g/mol. The van der Waals surface area contributed by atoms with E-state index in [-0.39, 0.29) is 30.3 Å². The molecule has 1 amide bonds. The van der Waals surface area contributed by atoms with Crippen LogP contribution < -0.4 is 11.1 Å². The first kappa shape index (κ1) is 19.7. The van der Waals surface area contributed by atoms with Crippen molar-refractivity contribution in [3.8, 4) is 0 Å². The minimum absolute atomic E-state index is 0. The summed E-state index contributed by atoms with van der Waals surface area (Å²) in [5.74, 6) is 0.652. The molecule has 0 spiro atoms. The number of hydrogen-bond donors (Lipinski definition) is 2. The highest BCUT2D eigenvalue weighted by Crippen LogP contribution is 2.26. The minimum Gasteiger partial charge on any atom is -0.382 e. The molecule has 6 nitrogen and oxygen atoms in total. The number of aryl methyl sites for hydroxylation is 1. The first-order valence-corrected chi connectivity index (χ1v) is 8.78. The predicted octanol–water partition coefficient (Wildman–Crippen LogP) is 2.95. The number of carbonyl (C=O) groups is 1. The molecule has 7 heteroatoms. The summed E-state index contributed by atoms with van der Waals surface area (Å²) in [6.07, 6.45) is 3.42. The van der Waals surface area contributed by atoms with Gasteiger partial charge in [-0.1, -0.05) is 12.1 Å². The number of rotatable bonds is 7. The van der Waals surface area contributed by atoms with E-state index in [1.54, 1.807) is 0 Å². The van der Waals surface area contributed by atoms with Crippen LogP contribution in [-0.4, -0.2) is 34.7 Å². The Morgan fingerprint density at radius 2 is 2.20 bits per heavy atom. The maximum Gasteiger partial charge on any atom is 0.229 e. The summed E-state index contributed by atoms with van der Waals surface area (Å²) in [7, 11) is 0. The summed E-state index contributed by atoms with van der Waals surface area (Å²) in [5.41, 5.74) is 7.86. The van der Waals surface area contributed by atoms with Crippen LogP contribution in [0.5, 0.6) is 0 Å². The quantitative estimate of drug-likeness (QED) is 0.738. The number of carbonyl (C=O) groups excluding carboxylic acids is 1. The highest BCUT2D eigenvalue weighted by atomic mass is 35.5. The number of hydrogen-bond acceptors (Lipinski definition) is 4. The highest BCUT2D eigenvalue weighted by molar-refractivity contribution is 5.93. The number of nitrogens with zero attached hydrogens (tertiary/aromatic N) is 2. The Hall–Kier alpha value is -1.63. The molecule has 0 saturated heterocycles. The lowest BCUT2D eigenvalue weighted by Crippen LogP contribution is -2.25. The maximum absolute atomic E-state index is 12.5. The molecule has 0 aliphatic heterocycles. The molecule has 1 aromatic carbocycles. The lowest BCUT2D eigenvalue weighted by Gasteiger charge is -2.13. The Morgan fingerprint density at radius 1 is 1.40 bits per heavy atom. The smallest absolute Gasteiger partial charge is 0.229 e. The molecule has 2 aromatic rings. The van der Waals surface area contributed by atoms with Gasteiger partial charge in [0.1, 0.15) is 0 Å². The number of halogens is 1. The second kappa shape index (κ2) is 9.17. The number of fused-ring (bicyclic) bond motifs is 1. The van der Waals surface area contributed by atoms with Crippen molar-refractivity contribution in [1.29, 1.82) is 0 Å². The molecule has 2 atom stereocenters. The number of nitrogens with one attached hydrogen (secondary N) is 1. The number of anilines is 1. The summed E-state index contributed by atoms with van der Waals surface area (Å²) in [5, 5.41) is 3.02. The third kappa shape index (κ3) is 4.71. The van der Waals surface area contributed by atoms with Gasteiger partial charge in [-0.15, -0.1) is 12.4 Å². The van der Waals surface area contributed by atoms with Gasteiger partial charge in [0.05, 0.1) is 11.0 Å². The van der Waals surface area contributed by atoms with E-state index >= 15 is 0 Å². The molecule has 3 rings (SSSR count). The van der Waals surface area contributed by atoms with Gasteiger partial charge >= 0.3 is 0 Å². The third-order valence-corrected chi connectivity index (χ3v) is 4.61. The third-order valence-electron chi connectivity index (χ3n) is 4.61. The first-order valence-electron chi connectivity index (χ1n) is 8.78. The molecule has 0 bridgehead atoms. The SMILES string of the molecule is CCOCCCn1c(NC(=O)C2CCC(N)C2)nc2ccccc21.Cl. The highest BCUT2D eigenvalue weighted by Gasteiger charge is 2.28. The van der Waals surface area contributed by atoms with Crippen molar-refractivity contribution in [2.45, 2.75) is 45.2 Å². The van der Waals surface area contributed by atoms with Crippen LogP contribution in [0.1, 0.15) is 32.6 Å². The molecule has 1 saturated carbocycles. The van der Waals surface area contributed by atoms with Crippen molar-refractivity contribution in [2.24, 2.45) is 11.7 Å². The molecule has 3 N–H and O–H groups in total. The fourth-order valence-electron chi connectivity index (χ4n) is 3.33. The molecule has 25 heavy (non-hydrogen) atoms. The van der Waals surface area contributed by atoms with Crippen molar-refractivity contribution >= 4 is 35.3 Å². The van der Waals surface area contributed by atoms with E-state index in [0.29, 0.717) is 12.6 Å². The van der Waals surface area contributed by atoms with Gasteiger partial charge in [-0.2, -0.15) is 0 Å². The number of ether oxygens (including phenoxy) is 1. The van der Waals surface area contributed by atoms with E-state index in [4.69, 9.17) is 10.5 Å². The zero-order valence-corrected chi connectivity index (χ0v) is 15.4. The van der Waals surface area contributed by atoms with Crippen LogP contribution in [0.2, 0.25) is 0 Å². The number of aromatic nitrogens is 2. The Balaban J connectivity index is 0.00000225. The fraction of sp³-hybridized carbons (Fsp3) is 0.556. The second-order valence-corrected chi connectivity index (χ2v) is 6.39. The predicted molar refractivity (Wildman–Crippen MR) is 102 cm³/mol. The molecule has 1 heterocycles. The minimum atomic E-state index is -0.00307. The van der Waals surface area contributed by atoms with Crippen LogP contribution in [0.25, 0.3) is 11.0 Å². The average Bonchev–Trinajstić information content (AvgIpc) is 3.15. The van der Waals surface area contributed by atoms with Crippen LogP contribution in [0, 0.1) is 5.92 Å². The number of nitrogens with two attached hydrogens (primary N) is 1. The van der Waals surface area contributed by atoms with E-state index < -0.39 is 0 Å². The number of imidazole rings is 1. The maximum atomic E-state index is 12.5. The standard InChI is InChI=1S/C18H26N4O2.ClH/c1-2-24-11-5-10-22-16-7-4-3-6-15(16)20-18(22)21-17(23)13-8-9-14(19)12-13;/h3-4,6-7,13-14H,2,5,8-12,19H2,1H3,(H,20,21,23);1H. The van der Waals surface area contributed by atoms with Crippen LogP contribution >= 0.6 is 12.4 Å². The summed E-state index contributed by atoms with van der Waals surface area (Å²) < 4.78 is 7.49. The van der Waals surface area contributed by atoms with Gasteiger partial charge in [-0.3, -0.25) is 10.1 Å². The average molecular weight is 367 g/mol. The summed E-state index contributed by atoms with van der Waals surface area (Å²) >= 11 is 0. The Labute approximate surface area is 154 Å². The van der Waals surface area contributed by atoms with E-state index in [2.05, 4.69) is 14.9 Å². The second-order valence-electron chi connectivity index (χ2n) is 6.39. The first-order chi connectivity index (χ1) is 11.7. The van der Waals surface area contributed by atoms with E-state index in [1.165, 1.54) is 0 Å². The van der Waals surface area contributed by atoms with Crippen molar-refractivity contribution in [2.75, 3.05) is 18.5 Å². The Bertz CT molecular complexity index is 703. The molecule has 1 aliphatic rings. The van der Waals surface area contributed by atoms with Gasteiger partial charge in [-0.25, -0.2) is 4.98 Å². The van der Waals surface area contributed by atoms with Gasteiger partial charge < -0.3 is 15.0 Å². The molecule has 1 aliphatic carbocycles. The lowest BCUT2D eigenvalue weighted by atomic mass is 10.1. The van der Waals surface area contributed by atoms with Gasteiger partial charge in [0.15, 0.2) is 0 Å². The van der Waals surface area contributed by atoms with E-state index in [1.807, 2.05) is 31.2 Å². The Kier molecular flexibility index (Phi) is 7.23. The van der Waals surface area contributed by atoms with Gasteiger partial charge in [0.25, 0.3) is 0 Å². The summed E-state index contributed by atoms with van der Waals surface area (Å²) in [4.78, 5) is 17.1. The normalized spacial score (nSPS) is 19.8. The van der Waals surface area contributed by atoms with Crippen molar-refractivity contribution in [3.05, 3.63) is 24.3 Å². The largest absolute Gasteiger partial charge is 0.382 e. The summed E-state index contributed by atoms with van der Waals surface area (Å²) in [6.45, 7) is 4.18. The molecule has 138 valence electrons. The number of benzene rings is 1. The topological polar surface area (TPSA) is 82.2 Å². The fourth-order valence-corrected chi connectivity index (χ4v) is 3.33. The van der Waals surface area contributed by atoms with Crippen LogP contribution in [0.3, 0.4) is 0 Å². The van der Waals surface area contributed by atoms with E-state index in [0.717, 1.165) is 49.9 Å². The molecule has 1 aromatic heterocycles. The molecular formula is C18H27ClN4O2.